The first-order valence-electron chi connectivity index (χ1n) is 4.94. The quantitative estimate of drug-likeness (QED) is 0.696. The summed E-state index contributed by atoms with van der Waals surface area (Å²) in [5, 5.41) is 5.27. The number of anilines is 1. The number of fused-ring (bicyclic) bond motifs is 1. The number of ether oxygens (including phenoxy) is 2. The van der Waals surface area contributed by atoms with Gasteiger partial charge in [-0.25, -0.2) is 4.79 Å². The normalized spacial score (nSPS) is 12.3. The molecule has 0 saturated carbocycles. The van der Waals surface area contributed by atoms with Crippen LogP contribution < -0.4 is 25.8 Å². The number of nitrogens with one attached hydrogen (secondary N) is 2. The molecule has 0 spiro atoms. The molecule has 6 heteroatoms. The molecule has 0 aromatic heterocycles. The Morgan fingerprint density at radius 2 is 2.19 bits per heavy atom. The van der Waals surface area contributed by atoms with Gasteiger partial charge >= 0.3 is 6.03 Å². The molecule has 2 amide bonds. The number of nitrogens with two attached hydrogens (primary N) is 1. The fraction of sp³-hybridized carbons (Fsp3) is 0.300. The van der Waals surface area contributed by atoms with Crippen molar-refractivity contribution in [2.24, 2.45) is 5.73 Å². The molecular formula is C10H13N3O3. The van der Waals surface area contributed by atoms with E-state index in [0.717, 1.165) is 0 Å². The number of hydrogen-bond donors (Lipinski definition) is 3. The van der Waals surface area contributed by atoms with Gasteiger partial charge in [-0.3, -0.25) is 0 Å². The predicted molar refractivity (Wildman–Crippen MR) is 58.6 cm³/mol. The van der Waals surface area contributed by atoms with E-state index in [-0.39, 0.29) is 12.8 Å². The van der Waals surface area contributed by atoms with Crippen LogP contribution in [0.1, 0.15) is 0 Å². The number of hydrogen-bond acceptors (Lipinski definition) is 4. The molecule has 0 radical (unpaired) electrons. The van der Waals surface area contributed by atoms with E-state index in [1.807, 2.05) is 0 Å². The van der Waals surface area contributed by atoms with Gasteiger partial charge in [-0.05, 0) is 12.1 Å². The predicted octanol–water partition coefficient (Wildman–Crippen LogP) is 0.495. The molecule has 6 nitrogen and oxygen atoms in total. The lowest BCUT2D eigenvalue weighted by molar-refractivity contribution is 0.174. The largest absolute Gasteiger partial charge is 0.454 e. The summed E-state index contributed by atoms with van der Waals surface area (Å²) in [6.07, 6.45) is 0. The molecule has 16 heavy (non-hydrogen) atoms. The van der Waals surface area contributed by atoms with Gasteiger partial charge in [0.05, 0.1) is 0 Å². The third kappa shape index (κ3) is 2.34. The Labute approximate surface area is 92.7 Å². The highest BCUT2D eigenvalue weighted by Crippen LogP contribution is 2.34. The average Bonchev–Trinajstić information content (AvgIpc) is 2.73. The van der Waals surface area contributed by atoms with Gasteiger partial charge in [0.15, 0.2) is 11.5 Å². The monoisotopic (exact) mass is 223 g/mol. The van der Waals surface area contributed by atoms with E-state index in [9.17, 15) is 4.79 Å². The molecule has 0 atom stereocenters. The maximum atomic E-state index is 11.3. The Hall–Kier alpha value is -1.95. The van der Waals surface area contributed by atoms with Crippen LogP contribution in [0, 0.1) is 0 Å². The zero-order valence-corrected chi connectivity index (χ0v) is 8.66. The van der Waals surface area contributed by atoms with Crippen LogP contribution in [0.3, 0.4) is 0 Å². The van der Waals surface area contributed by atoms with Crippen LogP contribution in [0.5, 0.6) is 11.5 Å². The number of benzene rings is 1. The van der Waals surface area contributed by atoms with Gasteiger partial charge in [0, 0.05) is 24.8 Å². The lowest BCUT2D eigenvalue weighted by Gasteiger charge is -2.06. The summed E-state index contributed by atoms with van der Waals surface area (Å²) in [7, 11) is 0. The highest BCUT2D eigenvalue weighted by Gasteiger charge is 2.13. The van der Waals surface area contributed by atoms with E-state index in [1.54, 1.807) is 18.2 Å². The van der Waals surface area contributed by atoms with Crippen molar-refractivity contribution >= 4 is 11.7 Å². The molecule has 2 rings (SSSR count). The molecule has 0 unspecified atom stereocenters. The van der Waals surface area contributed by atoms with E-state index in [4.69, 9.17) is 15.2 Å². The number of urea groups is 1. The second-order valence-corrected chi connectivity index (χ2v) is 3.24. The summed E-state index contributed by atoms with van der Waals surface area (Å²) >= 11 is 0. The third-order valence-corrected chi connectivity index (χ3v) is 2.06. The molecule has 1 aliphatic rings. The van der Waals surface area contributed by atoms with Gasteiger partial charge in [0.2, 0.25) is 6.79 Å². The molecule has 0 aliphatic carbocycles. The minimum absolute atomic E-state index is 0.220. The summed E-state index contributed by atoms with van der Waals surface area (Å²) < 4.78 is 10.3. The van der Waals surface area contributed by atoms with Crippen molar-refractivity contribution in [2.75, 3.05) is 25.2 Å². The van der Waals surface area contributed by atoms with Gasteiger partial charge in [0.1, 0.15) is 0 Å². The molecule has 0 saturated heterocycles. The number of carbonyl (C=O) groups excluding carboxylic acids is 1. The van der Waals surface area contributed by atoms with Gasteiger partial charge in [-0.2, -0.15) is 0 Å². The van der Waals surface area contributed by atoms with Gasteiger partial charge in [-0.15, -0.1) is 0 Å². The van der Waals surface area contributed by atoms with E-state index in [0.29, 0.717) is 30.3 Å². The Morgan fingerprint density at radius 3 is 3.00 bits per heavy atom. The SMILES string of the molecule is NCCNC(=O)Nc1ccc2c(c1)OCO2. The van der Waals surface area contributed by atoms with E-state index < -0.39 is 0 Å². The summed E-state index contributed by atoms with van der Waals surface area (Å²) in [6.45, 7) is 1.07. The molecular weight excluding hydrogens is 210 g/mol. The Bertz CT molecular complexity index is 395. The van der Waals surface area contributed by atoms with Crippen LogP contribution in [0.15, 0.2) is 18.2 Å². The lowest BCUT2D eigenvalue weighted by Crippen LogP contribution is -2.32. The van der Waals surface area contributed by atoms with E-state index in [2.05, 4.69) is 10.6 Å². The van der Waals surface area contributed by atoms with Crippen molar-refractivity contribution in [3.05, 3.63) is 18.2 Å². The van der Waals surface area contributed by atoms with Gasteiger partial charge in [0.25, 0.3) is 0 Å². The molecule has 1 aromatic carbocycles. The lowest BCUT2D eigenvalue weighted by atomic mass is 10.3. The molecule has 86 valence electrons. The highest BCUT2D eigenvalue weighted by molar-refractivity contribution is 5.89. The van der Waals surface area contributed by atoms with Crippen LogP contribution in [0.2, 0.25) is 0 Å². The minimum atomic E-state index is -0.288. The van der Waals surface area contributed by atoms with Crippen LogP contribution in [0.4, 0.5) is 10.5 Å². The van der Waals surface area contributed by atoms with Crippen molar-refractivity contribution < 1.29 is 14.3 Å². The van der Waals surface area contributed by atoms with Crippen LogP contribution >= 0.6 is 0 Å². The van der Waals surface area contributed by atoms with E-state index >= 15 is 0 Å². The number of amides is 2. The summed E-state index contributed by atoms with van der Waals surface area (Å²) in [6, 6.07) is 4.92. The molecule has 1 aliphatic heterocycles. The van der Waals surface area contributed by atoms with E-state index in [1.165, 1.54) is 0 Å². The Morgan fingerprint density at radius 1 is 1.38 bits per heavy atom. The zero-order valence-electron chi connectivity index (χ0n) is 8.66. The summed E-state index contributed by atoms with van der Waals surface area (Å²) in [5.41, 5.74) is 5.92. The summed E-state index contributed by atoms with van der Waals surface area (Å²) in [5.74, 6) is 1.32. The standard InChI is InChI=1S/C10H13N3O3/c11-3-4-12-10(14)13-7-1-2-8-9(5-7)16-6-15-8/h1-2,5H,3-4,6,11H2,(H2,12,13,14). The second-order valence-electron chi connectivity index (χ2n) is 3.24. The van der Waals surface area contributed by atoms with Crippen LogP contribution in [-0.2, 0) is 0 Å². The molecule has 4 N–H and O–H groups in total. The molecule has 0 fully saturated rings. The average molecular weight is 223 g/mol. The first-order valence-corrected chi connectivity index (χ1v) is 4.94. The van der Waals surface area contributed by atoms with Gasteiger partial charge < -0.3 is 25.8 Å². The highest BCUT2D eigenvalue weighted by atomic mass is 16.7. The number of rotatable bonds is 3. The van der Waals surface area contributed by atoms with Crippen molar-refractivity contribution in [2.45, 2.75) is 0 Å². The van der Waals surface area contributed by atoms with Crippen molar-refractivity contribution in [1.29, 1.82) is 0 Å². The molecule has 1 heterocycles. The molecule has 1 aromatic rings. The smallest absolute Gasteiger partial charge is 0.319 e. The Balaban J connectivity index is 1.97. The van der Waals surface area contributed by atoms with Crippen molar-refractivity contribution in [1.82, 2.24) is 5.32 Å². The first kappa shape index (κ1) is 10.6. The first-order chi connectivity index (χ1) is 7.79. The maximum absolute atomic E-state index is 11.3. The fourth-order valence-corrected chi connectivity index (χ4v) is 1.34. The van der Waals surface area contributed by atoms with Gasteiger partial charge in [-0.1, -0.05) is 0 Å². The van der Waals surface area contributed by atoms with Crippen LogP contribution in [-0.4, -0.2) is 25.9 Å². The topological polar surface area (TPSA) is 85.6 Å². The zero-order chi connectivity index (χ0) is 11.4. The maximum Gasteiger partial charge on any atom is 0.319 e. The Kier molecular flexibility index (Phi) is 3.11. The second kappa shape index (κ2) is 4.71. The van der Waals surface area contributed by atoms with Crippen LogP contribution in [0.25, 0.3) is 0 Å². The molecule has 0 bridgehead atoms. The van der Waals surface area contributed by atoms with Crippen molar-refractivity contribution in [3.8, 4) is 11.5 Å². The fourth-order valence-electron chi connectivity index (χ4n) is 1.34. The third-order valence-electron chi connectivity index (χ3n) is 2.06. The minimum Gasteiger partial charge on any atom is -0.454 e. The summed E-state index contributed by atoms with van der Waals surface area (Å²) in [4.78, 5) is 11.3. The van der Waals surface area contributed by atoms with Crippen molar-refractivity contribution in [3.63, 3.8) is 0 Å². The number of carbonyl (C=O) groups is 1.